The van der Waals surface area contributed by atoms with Gasteiger partial charge in [0, 0.05) is 30.1 Å². The highest BCUT2D eigenvalue weighted by atomic mass is 19.1. The second-order valence-electron chi connectivity index (χ2n) is 8.90. The van der Waals surface area contributed by atoms with E-state index in [1.807, 2.05) is 24.4 Å². The molecule has 32 heavy (non-hydrogen) atoms. The van der Waals surface area contributed by atoms with Gasteiger partial charge in [0.1, 0.15) is 11.6 Å². The second kappa shape index (κ2) is 8.34. The quantitative estimate of drug-likeness (QED) is 0.437. The predicted octanol–water partition coefficient (Wildman–Crippen LogP) is 5.69. The Morgan fingerprint density at radius 2 is 1.91 bits per heavy atom. The second-order valence-corrected chi connectivity index (χ2v) is 8.90. The Kier molecular flexibility index (Phi) is 5.37. The molecule has 0 unspecified atom stereocenters. The predicted molar refractivity (Wildman–Crippen MR) is 124 cm³/mol. The van der Waals surface area contributed by atoms with E-state index in [2.05, 4.69) is 28.3 Å². The summed E-state index contributed by atoms with van der Waals surface area (Å²) in [5, 5.41) is 3.60. The molecule has 1 amide bonds. The minimum Gasteiger partial charge on any atom is -0.355 e. The molecule has 0 aliphatic heterocycles. The van der Waals surface area contributed by atoms with E-state index in [4.69, 9.17) is 4.98 Å². The van der Waals surface area contributed by atoms with Gasteiger partial charge >= 0.3 is 0 Å². The number of amides is 1. The number of aromatic amines is 1. The molecule has 1 aliphatic carbocycles. The minimum atomic E-state index is -0.210. The summed E-state index contributed by atoms with van der Waals surface area (Å²) in [5.41, 5.74) is 4.47. The molecule has 0 bridgehead atoms. The Balaban J connectivity index is 1.32. The third-order valence-corrected chi connectivity index (χ3v) is 7.08. The van der Waals surface area contributed by atoms with E-state index in [0.29, 0.717) is 23.3 Å². The molecule has 5 nitrogen and oxygen atoms in total. The van der Waals surface area contributed by atoms with Gasteiger partial charge in [0.2, 0.25) is 0 Å². The third-order valence-electron chi connectivity index (χ3n) is 7.08. The number of hydrogen-bond acceptors (Lipinski definition) is 3. The molecule has 0 spiro atoms. The van der Waals surface area contributed by atoms with Crippen molar-refractivity contribution in [3.05, 3.63) is 71.4 Å². The monoisotopic (exact) mass is 430 g/mol. The Morgan fingerprint density at radius 1 is 1.09 bits per heavy atom. The van der Waals surface area contributed by atoms with Crippen LogP contribution in [0.5, 0.6) is 0 Å². The summed E-state index contributed by atoms with van der Waals surface area (Å²) >= 11 is 0. The molecule has 1 aliphatic rings. The molecule has 1 atom stereocenters. The maximum absolute atomic E-state index is 13.9. The number of pyridine rings is 1. The normalized spacial score (nSPS) is 19.8. The summed E-state index contributed by atoms with van der Waals surface area (Å²) in [6, 6.07) is 12.5. The van der Waals surface area contributed by atoms with Crippen LogP contribution >= 0.6 is 0 Å². The standard InChI is InChI=1S/C26H27FN4O/c1-15(25-30-23-9-7-18(26(32)28-2)13-24(23)31-25)16-3-5-17(6-4-16)20-11-12-29-22-10-8-19(27)14-21(20)22/h7-17H,3-6H2,1-2H3,(H,28,32)(H,30,31)/t15-,16-,17+/m1/s1. The number of carbonyl (C=O) groups is 1. The lowest BCUT2D eigenvalue weighted by atomic mass is 9.73. The van der Waals surface area contributed by atoms with Crippen LogP contribution in [0, 0.1) is 11.7 Å². The molecule has 1 saturated carbocycles. The summed E-state index contributed by atoms with van der Waals surface area (Å²) in [7, 11) is 1.63. The van der Waals surface area contributed by atoms with Crippen LogP contribution in [-0.2, 0) is 0 Å². The van der Waals surface area contributed by atoms with Crippen LogP contribution in [-0.4, -0.2) is 27.9 Å². The van der Waals surface area contributed by atoms with Crippen LogP contribution < -0.4 is 5.32 Å². The molecular weight excluding hydrogens is 403 g/mol. The Labute approximate surface area is 186 Å². The van der Waals surface area contributed by atoms with Crippen molar-refractivity contribution in [3.63, 3.8) is 0 Å². The number of aromatic nitrogens is 3. The maximum atomic E-state index is 13.9. The zero-order valence-electron chi connectivity index (χ0n) is 18.4. The number of rotatable bonds is 4. The van der Waals surface area contributed by atoms with Crippen LogP contribution in [0.4, 0.5) is 4.39 Å². The first-order chi connectivity index (χ1) is 15.5. The van der Waals surface area contributed by atoms with Crippen LogP contribution in [0.2, 0.25) is 0 Å². The number of imidazole rings is 1. The molecule has 2 aromatic heterocycles. The summed E-state index contributed by atoms with van der Waals surface area (Å²) in [6.45, 7) is 2.24. The van der Waals surface area contributed by atoms with Crippen molar-refractivity contribution in [2.24, 2.45) is 5.92 Å². The molecule has 2 heterocycles. The van der Waals surface area contributed by atoms with Gasteiger partial charge in [-0.2, -0.15) is 0 Å². The Hall–Kier alpha value is -3.28. The number of carbonyl (C=O) groups excluding carboxylic acids is 1. The zero-order valence-corrected chi connectivity index (χ0v) is 18.4. The molecule has 5 rings (SSSR count). The summed E-state index contributed by atoms with van der Waals surface area (Å²) < 4.78 is 13.9. The van der Waals surface area contributed by atoms with Gasteiger partial charge in [0.05, 0.1) is 16.6 Å². The number of fused-ring (bicyclic) bond motifs is 2. The van der Waals surface area contributed by atoms with Crippen molar-refractivity contribution in [1.29, 1.82) is 0 Å². The van der Waals surface area contributed by atoms with Crippen molar-refractivity contribution in [1.82, 2.24) is 20.3 Å². The largest absolute Gasteiger partial charge is 0.355 e. The fourth-order valence-corrected chi connectivity index (χ4v) is 5.18. The van der Waals surface area contributed by atoms with Crippen LogP contribution in [0.1, 0.15) is 66.2 Å². The molecular formula is C26H27FN4O. The van der Waals surface area contributed by atoms with Crippen LogP contribution in [0.3, 0.4) is 0 Å². The van der Waals surface area contributed by atoms with E-state index in [9.17, 15) is 9.18 Å². The topological polar surface area (TPSA) is 70.7 Å². The van der Waals surface area contributed by atoms with Gasteiger partial charge < -0.3 is 10.3 Å². The summed E-state index contributed by atoms with van der Waals surface area (Å²) in [5.74, 6) is 1.93. The lowest BCUT2D eigenvalue weighted by Gasteiger charge is -2.32. The molecule has 2 N–H and O–H groups in total. The molecule has 2 aromatic carbocycles. The Bertz CT molecular complexity index is 1290. The fourth-order valence-electron chi connectivity index (χ4n) is 5.18. The fraction of sp³-hybridized carbons (Fsp3) is 0.346. The first-order valence-electron chi connectivity index (χ1n) is 11.3. The first-order valence-corrected chi connectivity index (χ1v) is 11.3. The average Bonchev–Trinajstić information content (AvgIpc) is 3.26. The van der Waals surface area contributed by atoms with Crippen LogP contribution in [0.25, 0.3) is 21.9 Å². The first kappa shape index (κ1) is 20.6. The summed E-state index contributed by atoms with van der Waals surface area (Å²) in [4.78, 5) is 24.6. The minimum absolute atomic E-state index is 0.105. The lowest BCUT2D eigenvalue weighted by Crippen LogP contribution is -2.19. The van der Waals surface area contributed by atoms with Crippen molar-refractivity contribution in [3.8, 4) is 0 Å². The molecule has 0 radical (unpaired) electrons. The van der Waals surface area contributed by atoms with E-state index < -0.39 is 0 Å². The van der Waals surface area contributed by atoms with E-state index >= 15 is 0 Å². The molecule has 164 valence electrons. The maximum Gasteiger partial charge on any atom is 0.251 e. The highest BCUT2D eigenvalue weighted by Crippen LogP contribution is 2.43. The number of H-pyrrole nitrogens is 1. The van der Waals surface area contributed by atoms with E-state index in [-0.39, 0.29) is 11.7 Å². The number of halogens is 1. The van der Waals surface area contributed by atoms with Gasteiger partial charge in [0.15, 0.2) is 0 Å². The van der Waals surface area contributed by atoms with Crippen LogP contribution in [0.15, 0.2) is 48.7 Å². The zero-order chi connectivity index (χ0) is 22.2. The highest BCUT2D eigenvalue weighted by Gasteiger charge is 2.29. The van der Waals surface area contributed by atoms with Gasteiger partial charge in [-0.05, 0) is 85.5 Å². The molecule has 4 aromatic rings. The summed E-state index contributed by atoms with van der Waals surface area (Å²) in [6.07, 6.45) is 6.19. The van der Waals surface area contributed by atoms with E-state index in [0.717, 1.165) is 53.4 Å². The molecule has 1 fully saturated rings. The van der Waals surface area contributed by atoms with Gasteiger partial charge in [-0.15, -0.1) is 0 Å². The van der Waals surface area contributed by atoms with Crippen molar-refractivity contribution in [2.75, 3.05) is 7.05 Å². The van der Waals surface area contributed by atoms with Gasteiger partial charge in [-0.3, -0.25) is 9.78 Å². The average molecular weight is 431 g/mol. The van der Waals surface area contributed by atoms with Gasteiger partial charge in [0.25, 0.3) is 5.91 Å². The van der Waals surface area contributed by atoms with Gasteiger partial charge in [-0.25, -0.2) is 9.37 Å². The molecule has 6 heteroatoms. The van der Waals surface area contributed by atoms with Crippen molar-refractivity contribution in [2.45, 2.75) is 44.4 Å². The highest BCUT2D eigenvalue weighted by molar-refractivity contribution is 5.97. The van der Waals surface area contributed by atoms with E-state index in [1.54, 1.807) is 19.2 Å². The number of nitrogens with zero attached hydrogens (tertiary/aromatic N) is 2. The van der Waals surface area contributed by atoms with E-state index in [1.165, 1.54) is 11.6 Å². The lowest BCUT2D eigenvalue weighted by molar-refractivity contribution is 0.0963. The Morgan fingerprint density at radius 3 is 2.69 bits per heavy atom. The molecule has 0 saturated heterocycles. The van der Waals surface area contributed by atoms with Gasteiger partial charge in [-0.1, -0.05) is 6.92 Å². The number of hydrogen-bond donors (Lipinski definition) is 2. The van der Waals surface area contributed by atoms with Crippen molar-refractivity contribution < 1.29 is 9.18 Å². The number of nitrogens with one attached hydrogen (secondary N) is 2. The third kappa shape index (κ3) is 3.74. The smallest absolute Gasteiger partial charge is 0.251 e. The SMILES string of the molecule is CNC(=O)c1ccc2[nH]c([C@H](C)[C@H]3CC[C@@H](c4ccnc5ccc(F)cc54)CC3)nc2c1. The number of benzene rings is 2. The van der Waals surface area contributed by atoms with Crippen molar-refractivity contribution >= 4 is 27.8 Å².